The van der Waals surface area contributed by atoms with Crippen molar-refractivity contribution in [3.63, 3.8) is 0 Å². The van der Waals surface area contributed by atoms with Crippen molar-refractivity contribution in [1.82, 2.24) is 29.0 Å². The number of halogens is 6. The first kappa shape index (κ1) is 24.5. The molecule has 0 aliphatic carbocycles. The van der Waals surface area contributed by atoms with Crippen LogP contribution in [-0.4, -0.2) is 86.9 Å². The highest BCUT2D eigenvalue weighted by molar-refractivity contribution is 5.90. The van der Waals surface area contributed by atoms with Gasteiger partial charge in [0.25, 0.3) is 12.3 Å². The predicted molar refractivity (Wildman–Crippen MR) is 127 cm³/mol. The van der Waals surface area contributed by atoms with E-state index in [1.54, 1.807) is 0 Å². The number of nitrogens with zero attached hydrogens (tertiary/aromatic N) is 6. The lowest BCUT2D eigenvalue weighted by atomic mass is 9.98. The number of fused-ring (bicyclic) bond motifs is 2. The molecule has 1 N–H and O–H groups in total. The molecule has 0 amide bonds. The van der Waals surface area contributed by atoms with Gasteiger partial charge in [0, 0.05) is 6.54 Å². The van der Waals surface area contributed by atoms with Gasteiger partial charge in [0.05, 0.1) is 70.4 Å². The molecule has 0 saturated carbocycles. The van der Waals surface area contributed by atoms with E-state index in [4.69, 9.17) is 10.8 Å². The van der Waals surface area contributed by atoms with E-state index < -0.39 is 49.1 Å². The molecule has 2 saturated heterocycles. The highest BCUT2D eigenvalue weighted by Crippen LogP contribution is 2.37. The van der Waals surface area contributed by atoms with Gasteiger partial charge >= 0.3 is 0 Å². The fraction of sp³-hybridized carbons (Fsp3) is 0.458. The fourth-order valence-electron chi connectivity index (χ4n) is 4.98. The molecule has 9 nitrogen and oxygen atoms in total. The average Bonchev–Trinajstić information content (AvgIpc) is 3.42. The minimum absolute atomic E-state index is 0.00757. The highest BCUT2D eigenvalue weighted by Gasteiger charge is 2.47. The summed E-state index contributed by atoms with van der Waals surface area (Å²) >= 11 is 0. The predicted octanol–water partition coefficient (Wildman–Crippen LogP) is 3.82. The highest BCUT2D eigenvalue weighted by atomic mass is 19.3. The molecule has 3 aromatic heterocycles. The maximum atomic E-state index is 15.3. The molecule has 4 aromatic rings. The lowest BCUT2D eigenvalue weighted by Crippen LogP contribution is -2.61. The number of rotatable bonds is 7. The largest absolute Gasteiger partial charge is 0.479 e. The summed E-state index contributed by atoms with van der Waals surface area (Å²) in [5.41, 5.74) is -0.324. The number of ether oxygens (including phenoxy) is 2. The number of likely N-dealkylation sites (tertiary alicyclic amines) is 1. The Morgan fingerprint density at radius 1 is 1.26 bits per heavy atom. The quantitative estimate of drug-likeness (QED) is 0.347. The standard InChI is InChI=1S/C24H23F6N7O2/c1-38-22-21-19(12-4-14(25)20-16(5-12)36(11-31-20)7-18(27)28)15(26)6-37(21)34-23(33-22)32-17-2-3-35(10-24(17,29)30)13-8-39-9-13/h4-6,11,13,17-18H,2-3,7-10H2,1H3,(H,32,34)/t17-/m1/s1/i13D. The molecule has 6 rings (SSSR count). The Bertz CT molecular complexity index is 1590. The number of hydrogen-bond acceptors (Lipinski definition) is 7. The van der Waals surface area contributed by atoms with Crippen LogP contribution in [0.5, 0.6) is 5.88 Å². The van der Waals surface area contributed by atoms with Crippen molar-refractivity contribution >= 4 is 22.5 Å². The first-order valence-corrected chi connectivity index (χ1v) is 12.0. The Kier molecular flexibility index (Phi) is 5.99. The van der Waals surface area contributed by atoms with Crippen LogP contribution in [0.4, 0.5) is 32.3 Å². The fourth-order valence-corrected chi connectivity index (χ4v) is 4.98. The molecular weight excluding hydrogens is 532 g/mol. The van der Waals surface area contributed by atoms with Gasteiger partial charge in [0.2, 0.25) is 11.8 Å². The van der Waals surface area contributed by atoms with Crippen LogP contribution in [0.1, 0.15) is 7.79 Å². The van der Waals surface area contributed by atoms with Crippen molar-refractivity contribution in [3.8, 4) is 17.0 Å². The molecule has 2 aliphatic heterocycles. The SMILES string of the molecule is [2H]C1(N2CC[C@@H](Nc3nc(OC)c4c(-c5cc(F)c6ncn(CC(F)F)c6c5)c(F)cn4n3)C(F)(F)C2)COC1. The van der Waals surface area contributed by atoms with E-state index in [-0.39, 0.29) is 65.7 Å². The second kappa shape index (κ2) is 9.55. The van der Waals surface area contributed by atoms with Crippen molar-refractivity contribution in [2.75, 3.05) is 38.7 Å². The zero-order valence-electron chi connectivity index (χ0n) is 21.5. The summed E-state index contributed by atoms with van der Waals surface area (Å²) < 4.78 is 107. The van der Waals surface area contributed by atoms with Crippen molar-refractivity contribution in [1.29, 1.82) is 0 Å². The summed E-state index contributed by atoms with van der Waals surface area (Å²) in [7, 11) is 1.24. The third-order valence-corrected chi connectivity index (χ3v) is 6.94. The van der Waals surface area contributed by atoms with Gasteiger partial charge in [0.15, 0.2) is 11.6 Å². The van der Waals surface area contributed by atoms with Crippen molar-refractivity contribution in [2.24, 2.45) is 0 Å². The van der Waals surface area contributed by atoms with E-state index in [0.717, 1.165) is 27.7 Å². The number of piperidine rings is 1. The maximum Gasteiger partial charge on any atom is 0.280 e. The molecule has 0 bridgehead atoms. The van der Waals surface area contributed by atoms with Crippen LogP contribution in [0.2, 0.25) is 0 Å². The Balaban J connectivity index is 1.35. The van der Waals surface area contributed by atoms with E-state index in [0.29, 0.717) is 0 Å². The summed E-state index contributed by atoms with van der Waals surface area (Å²) in [5.74, 6) is -5.39. The first-order chi connectivity index (χ1) is 19.0. The van der Waals surface area contributed by atoms with E-state index in [1.165, 1.54) is 18.1 Å². The third-order valence-electron chi connectivity index (χ3n) is 6.94. The van der Waals surface area contributed by atoms with Crippen LogP contribution < -0.4 is 10.1 Å². The van der Waals surface area contributed by atoms with Crippen LogP contribution in [0, 0.1) is 11.6 Å². The number of alkyl halides is 4. The molecule has 2 fully saturated rings. The second-order valence-corrected chi connectivity index (χ2v) is 9.43. The molecule has 2 aliphatic rings. The Morgan fingerprint density at radius 3 is 2.72 bits per heavy atom. The second-order valence-electron chi connectivity index (χ2n) is 9.43. The molecular formula is C24H23F6N7O2. The van der Waals surface area contributed by atoms with Gasteiger partial charge in [-0.15, -0.1) is 5.10 Å². The minimum Gasteiger partial charge on any atom is -0.479 e. The Hall–Kier alpha value is -3.59. The molecule has 5 heterocycles. The molecule has 1 atom stereocenters. The van der Waals surface area contributed by atoms with Gasteiger partial charge in [-0.2, -0.15) is 4.98 Å². The average molecular weight is 556 g/mol. The normalized spacial score (nSPS) is 21.3. The third kappa shape index (κ3) is 4.52. The first-order valence-electron chi connectivity index (χ1n) is 12.5. The number of aromatic nitrogens is 5. The molecule has 208 valence electrons. The van der Waals surface area contributed by atoms with Crippen LogP contribution >= 0.6 is 0 Å². The number of nitrogens with one attached hydrogen (secondary N) is 1. The van der Waals surface area contributed by atoms with E-state index in [9.17, 15) is 13.2 Å². The number of anilines is 1. The summed E-state index contributed by atoms with van der Waals surface area (Å²) in [5, 5.41) is 6.75. The molecule has 0 unspecified atom stereocenters. The lowest BCUT2D eigenvalue weighted by Gasteiger charge is -2.44. The molecule has 0 spiro atoms. The van der Waals surface area contributed by atoms with Crippen molar-refractivity contribution in [2.45, 2.75) is 37.4 Å². The Labute approximate surface area is 218 Å². The molecule has 1 aromatic carbocycles. The monoisotopic (exact) mass is 556 g/mol. The summed E-state index contributed by atoms with van der Waals surface area (Å²) in [6.45, 7) is -1.05. The zero-order chi connectivity index (χ0) is 28.4. The van der Waals surface area contributed by atoms with Gasteiger partial charge in [-0.05, 0) is 24.1 Å². The van der Waals surface area contributed by atoms with E-state index in [1.807, 2.05) is 0 Å². The van der Waals surface area contributed by atoms with Crippen LogP contribution in [0.25, 0.3) is 27.7 Å². The van der Waals surface area contributed by atoms with Gasteiger partial charge < -0.3 is 19.4 Å². The van der Waals surface area contributed by atoms with Gasteiger partial charge in [-0.1, -0.05) is 0 Å². The van der Waals surface area contributed by atoms with E-state index in [2.05, 4.69) is 20.4 Å². The smallest absolute Gasteiger partial charge is 0.280 e. The number of methoxy groups -OCH3 is 1. The van der Waals surface area contributed by atoms with Crippen molar-refractivity contribution in [3.05, 3.63) is 36.3 Å². The van der Waals surface area contributed by atoms with Gasteiger partial charge in [-0.25, -0.2) is 35.8 Å². The number of hydrogen-bond donors (Lipinski definition) is 1. The number of benzene rings is 1. The molecule has 15 heteroatoms. The van der Waals surface area contributed by atoms with Crippen molar-refractivity contribution < 1.29 is 37.2 Å². The lowest BCUT2D eigenvalue weighted by molar-refractivity contribution is -0.131. The van der Waals surface area contributed by atoms with Gasteiger partial charge in [0.1, 0.15) is 11.0 Å². The summed E-state index contributed by atoms with van der Waals surface area (Å²) in [4.78, 5) is 9.38. The summed E-state index contributed by atoms with van der Waals surface area (Å²) in [6, 6.07) is -0.224. The van der Waals surface area contributed by atoms with Crippen LogP contribution in [0.15, 0.2) is 24.7 Å². The maximum absolute atomic E-state index is 15.3. The Morgan fingerprint density at radius 2 is 2.05 bits per heavy atom. The molecule has 0 radical (unpaired) electrons. The van der Waals surface area contributed by atoms with E-state index >= 15 is 13.2 Å². The topological polar surface area (TPSA) is 81.7 Å². The minimum atomic E-state index is -3.24. The zero-order valence-corrected chi connectivity index (χ0v) is 20.5. The number of imidazole rings is 1. The summed E-state index contributed by atoms with van der Waals surface area (Å²) in [6.07, 6.45) is -0.715. The molecule has 39 heavy (non-hydrogen) atoms. The van der Waals surface area contributed by atoms with Gasteiger partial charge in [-0.3, -0.25) is 4.90 Å². The van der Waals surface area contributed by atoms with Crippen LogP contribution in [0.3, 0.4) is 0 Å². The van der Waals surface area contributed by atoms with Crippen LogP contribution in [-0.2, 0) is 11.3 Å².